The third-order valence-electron chi connectivity index (χ3n) is 6.73. The Morgan fingerprint density at radius 3 is 2.56 bits per heavy atom. The molecule has 2 saturated heterocycles. The highest BCUT2D eigenvalue weighted by Crippen LogP contribution is 2.38. The second-order valence-electron chi connectivity index (χ2n) is 8.82. The van der Waals surface area contributed by atoms with Gasteiger partial charge in [-0.25, -0.2) is 12.7 Å². The predicted octanol–water partition coefficient (Wildman–Crippen LogP) is 2.54. The van der Waals surface area contributed by atoms with Crippen LogP contribution in [0.1, 0.15) is 66.2 Å². The second kappa shape index (κ2) is 10.2. The van der Waals surface area contributed by atoms with Crippen LogP contribution in [0.2, 0.25) is 0 Å². The van der Waals surface area contributed by atoms with Gasteiger partial charge in [-0.15, -0.1) is 11.3 Å². The molecule has 0 radical (unpaired) electrons. The summed E-state index contributed by atoms with van der Waals surface area (Å²) in [5.41, 5.74) is 1.69. The molecule has 1 aromatic rings. The van der Waals surface area contributed by atoms with E-state index in [0.717, 1.165) is 50.7 Å². The molecule has 0 aromatic carbocycles. The van der Waals surface area contributed by atoms with Gasteiger partial charge in [-0.3, -0.25) is 9.59 Å². The number of carbonyl (C=O) groups excluding carboxylic acids is 2. The summed E-state index contributed by atoms with van der Waals surface area (Å²) in [7, 11) is -3.22. The van der Waals surface area contributed by atoms with Crippen LogP contribution >= 0.6 is 11.3 Å². The standard InChI is InChI=1S/C22H33N3O5S2/c1-2-32(28,29)25-11-9-15(10-12-25)20(26)24-22-19(17-7-3-4-8-18(17)31-22)21(27)23-14-16-6-5-13-30-16/h15-16H,2-14H2,1H3,(H,23,27)(H,24,26). The Morgan fingerprint density at radius 2 is 1.88 bits per heavy atom. The molecule has 0 saturated carbocycles. The smallest absolute Gasteiger partial charge is 0.254 e. The van der Waals surface area contributed by atoms with Gasteiger partial charge >= 0.3 is 0 Å². The molecule has 0 bridgehead atoms. The number of nitrogens with one attached hydrogen (secondary N) is 2. The van der Waals surface area contributed by atoms with Crippen LogP contribution in [0.25, 0.3) is 0 Å². The van der Waals surface area contributed by atoms with Crippen LogP contribution in [0.15, 0.2) is 0 Å². The van der Waals surface area contributed by atoms with Gasteiger partial charge in [-0.2, -0.15) is 0 Å². The fraction of sp³-hybridized carbons (Fsp3) is 0.727. The summed E-state index contributed by atoms with van der Waals surface area (Å²) in [6, 6.07) is 0. The van der Waals surface area contributed by atoms with Crippen LogP contribution in [-0.4, -0.2) is 62.6 Å². The average molecular weight is 484 g/mol. The predicted molar refractivity (Wildman–Crippen MR) is 125 cm³/mol. The maximum absolute atomic E-state index is 13.1. The number of nitrogens with zero attached hydrogens (tertiary/aromatic N) is 1. The summed E-state index contributed by atoms with van der Waals surface area (Å²) in [4.78, 5) is 27.3. The molecule has 3 aliphatic rings. The van der Waals surface area contributed by atoms with E-state index >= 15 is 0 Å². The molecule has 2 aliphatic heterocycles. The molecule has 2 amide bonds. The Kier molecular flexibility index (Phi) is 7.54. The number of ether oxygens (including phenoxy) is 1. The van der Waals surface area contributed by atoms with Crippen LogP contribution < -0.4 is 10.6 Å². The first kappa shape index (κ1) is 23.7. The average Bonchev–Trinajstić information content (AvgIpc) is 3.45. The fourth-order valence-corrected chi connectivity index (χ4v) is 7.21. The van der Waals surface area contributed by atoms with Crippen molar-refractivity contribution in [3.8, 4) is 0 Å². The van der Waals surface area contributed by atoms with Crippen LogP contribution in [0.4, 0.5) is 5.00 Å². The fourth-order valence-electron chi connectivity index (χ4n) is 4.79. The van der Waals surface area contributed by atoms with E-state index < -0.39 is 10.0 Å². The van der Waals surface area contributed by atoms with Crippen molar-refractivity contribution in [2.45, 2.75) is 64.4 Å². The zero-order valence-electron chi connectivity index (χ0n) is 18.7. The number of hydrogen-bond acceptors (Lipinski definition) is 6. The topological polar surface area (TPSA) is 105 Å². The lowest BCUT2D eigenvalue weighted by atomic mass is 9.94. The third kappa shape index (κ3) is 5.18. The van der Waals surface area contributed by atoms with Crippen molar-refractivity contribution in [3.63, 3.8) is 0 Å². The monoisotopic (exact) mass is 483 g/mol. The number of rotatable bonds is 7. The van der Waals surface area contributed by atoms with Crippen LogP contribution in [-0.2, 0) is 32.4 Å². The normalized spacial score (nSPS) is 22.5. The van der Waals surface area contributed by atoms with Gasteiger partial charge in [0.15, 0.2) is 0 Å². The van der Waals surface area contributed by atoms with Crippen molar-refractivity contribution in [3.05, 3.63) is 16.0 Å². The Hall–Kier alpha value is -1.49. The van der Waals surface area contributed by atoms with Crippen LogP contribution in [0.5, 0.6) is 0 Å². The number of fused-ring (bicyclic) bond motifs is 1. The lowest BCUT2D eigenvalue weighted by molar-refractivity contribution is -0.120. The van der Waals surface area contributed by atoms with Crippen LogP contribution in [0, 0.1) is 5.92 Å². The lowest BCUT2D eigenvalue weighted by Crippen LogP contribution is -2.42. The van der Waals surface area contributed by atoms with Crippen molar-refractivity contribution in [2.75, 3.05) is 37.3 Å². The van der Waals surface area contributed by atoms with Gasteiger partial charge in [-0.1, -0.05) is 0 Å². The minimum Gasteiger partial charge on any atom is -0.376 e. The molecule has 2 fully saturated rings. The van der Waals surface area contributed by atoms with Gasteiger partial charge in [0.25, 0.3) is 5.91 Å². The van der Waals surface area contributed by atoms with Crippen molar-refractivity contribution >= 4 is 38.2 Å². The summed E-state index contributed by atoms with van der Waals surface area (Å²) < 4.78 is 31.3. The number of carbonyl (C=O) groups is 2. The van der Waals surface area contributed by atoms with Crippen molar-refractivity contribution in [1.82, 2.24) is 9.62 Å². The summed E-state index contributed by atoms with van der Waals surface area (Å²) in [6.07, 6.45) is 6.98. The summed E-state index contributed by atoms with van der Waals surface area (Å²) in [6.45, 7) is 3.60. The first-order chi connectivity index (χ1) is 15.4. The summed E-state index contributed by atoms with van der Waals surface area (Å²) >= 11 is 1.52. The maximum atomic E-state index is 13.1. The van der Waals surface area contributed by atoms with Gasteiger partial charge in [-0.05, 0) is 63.9 Å². The van der Waals surface area contributed by atoms with Gasteiger partial charge in [0.05, 0.1) is 17.4 Å². The van der Waals surface area contributed by atoms with E-state index in [-0.39, 0.29) is 29.6 Å². The minimum absolute atomic E-state index is 0.0658. The molecule has 32 heavy (non-hydrogen) atoms. The number of sulfonamides is 1. The Labute approximate surface area is 194 Å². The van der Waals surface area contributed by atoms with Crippen molar-refractivity contribution in [2.24, 2.45) is 5.92 Å². The zero-order chi connectivity index (χ0) is 22.7. The van der Waals surface area contributed by atoms with E-state index in [1.807, 2.05) is 0 Å². The van der Waals surface area contributed by atoms with E-state index in [1.54, 1.807) is 6.92 Å². The third-order valence-corrected chi connectivity index (χ3v) is 9.82. The molecule has 1 unspecified atom stereocenters. The highest BCUT2D eigenvalue weighted by molar-refractivity contribution is 7.89. The Balaban J connectivity index is 1.44. The molecule has 1 aliphatic carbocycles. The molecule has 4 rings (SSSR count). The van der Waals surface area contributed by atoms with E-state index in [2.05, 4.69) is 10.6 Å². The number of piperidine rings is 1. The largest absolute Gasteiger partial charge is 0.376 e. The van der Waals surface area contributed by atoms with E-state index in [0.29, 0.717) is 43.0 Å². The van der Waals surface area contributed by atoms with E-state index in [1.165, 1.54) is 20.5 Å². The molecule has 1 atom stereocenters. The molecule has 178 valence electrons. The van der Waals surface area contributed by atoms with Gasteiger partial charge in [0.1, 0.15) is 5.00 Å². The SMILES string of the molecule is CCS(=O)(=O)N1CCC(C(=O)Nc2sc3c(c2C(=O)NCC2CCCO2)CCCC3)CC1. The Morgan fingerprint density at radius 1 is 1.12 bits per heavy atom. The highest BCUT2D eigenvalue weighted by atomic mass is 32.2. The molecule has 2 N–H and O–H groups in total. The molecule has 0 spiro atoms. The lowest BCUT2D eigenvalue weighted by Gasteiger charge is -2.30. The van der Waals surface area contributed by atoms with Crippen molar-refractivity contribution in [1.29, 1.82) is 0 Å². The van der Waals surface area contributed by atoms with E-state index in [4.69, 9.17) is 4.74 Å². The van der Waals surface area contributed by atoms with Crippen molar-refractivity contribution < 1.29 is 22.7 Å². The Bertz CT molecular complexity index is 945. The molecule has 10 heteroatoms. The number of anilines is 1. The molecule has 8 nitrogen and oxygen atoms in total. The van der Waals surface area contributed by atoms with Crippen LogP contribution in [0.3, 0.4) is 0 Å². The zero-order valence-corrected chi connectivity index (χ0v) is 20.3. The van der Waals surface area contributed by atoms with Gasteiger partial charge < -0.3 is 15.4 Å². The highest BCUT2D eigenvalue weighted by Gasteiger charge is 2.32. The first-order valence-electron chi connectivity index (χ1n) is 11.7. The van der Waals surface area contributed by atoms with Gasteiger partial charge in [0.2, 0.25) is 15.9 Å². The number of aryl methyl sites for hydroxylation is 1. The summed E-state index contributed by atoms with van der Waals surface area (Å²) in [5, 5.41) is 6.69. The second-order valence-corrected chi connectivity index (χ2v) is 12.2. The van der Waals surface area contributed by atoms with E-state index in [9.17, 15) is 18.0 Å². The maximum Gasteiger partial charge on any atom is 0.254 e. The molecular weight excluding hydrogens is 450 g/mol. The first-order valence-corrected chi connectivity index (χ1v) is 14.1. The number of hydrogen-bond donors (Lipinski definition) is 2. The summed E-state index contributed by atoms with van der Waals surface area (Å²) in [5.74, 6) is -0.431. The van der Waals surface area contributed by atoms with Gasteiger partial charge in [0, 0.05) is 37.0 Å². The minimum atomic E-state index is -3.22. The molecule has 1 aromatic heterocycles. The quantitative estimate of drug-likeness (QED) is 0.620. The molecule has 3 heterocycles. The number of amides is 2. The number of thiophene rings is 1. The molecular formula is C22H33N3O5S2.